The normalized spacial score (nSPS) is 15.5. The van der Waals surface area contributed by atoms with Crippen LogP contribution in [-0.4, -0.2) is 19.9 Å². The van der Waals surface area contributed by atoms with E-state index in [1.165, 1.54) is 28.8 Å². The average Bonchev–Trinajstić information content (AvgIpc) is 3.22. The first-order valence-electron chi connectivity index (χ1n) is 10.8. The quantitative estimate of drug-likeness (QED) is 0.436. The van der Waals surface area contributed by atoms with E-state index in [0.29, 0.717) is 28.2 Å². The second kappa shape index (κ2) is 7.62. The minimum Gasteiger partial charge on any atom is -0.311 e. The van der Waals surface area contributed by atoms with Crippen molar-refractivity contribution in [1.82, 2.24) is 14.0 Å². The minimum absolute atomic E-state index is 0.0143. The van der Waals surface area contributed by atoms with Crippen LogP contribution in [0.5, 0.6) is 0 Å². The highest BCUT2D eigenvalue weighted by Crippen LogP contribution is 2.37. The molecule has 1 aliphatic heterocycles. The van der Waals surface area contributed by atoms with E-state index in [2.05, 4.69) is 10.3 Å². The smallest absolute Gasteiger partial charge is 0.261 e. The third-order valence-corrected chi connectivity index (χ3v) is 6.24. The third-order valence-electron chi connectivity index (χ3n) is 6.24. The second-order valence-electron chi connectivity index (χ2n) is 8.38. The van der Waals surface area contributed by atoms with E-state index >= 15 is 0 Å². The van der Waals surface area contributed by atoms with Crippen LogP contribution in [0.1, 0.15) is 29.0 Å². The molecule has 2 aromatic heterocycles. The van der Waals surface area contributed by atoms with Gasteiger partial charge in [0.25, 0.3) is 5.56 Å². The lowest BCUT2D eigenvalue weighted by atomic mass is 9.86. The summed E-state index contributed by atoms with van der Waals surface area (Å²) in [6.45, 7) is 0.156. The number of hydrogen-bond acceptors (Lipinski definition) is 3. The SMILES string of the molecule is O=C1C[C@H](c2cccc(F)c2)c2c(n3c4ccccc4nc3n(Cc3ccc(F)cc3)c2=O)N1. The van der Waals surface area contributed by atoms with Gasteiger partial charge in [0.05, 0.1) is 23.1 Å². The summed E-state index contributed by atoms with van der Waals surface area (Å²) in [5.74, 6) is -1.00. The molecule has 3 aromatic carbocycles. The van der Waals surface area contributed by atoms with Gasteiger partial charge >= 0.3 is 0 Å². The molecule has 0 fully saturated rings. The molecular formula is C26H18F2N4O2. The Balaban J connectivity index is 1.69. The van der Waals surface area contributed by atoms with Crippen molar-refractivity contribution in [3.63, 3.8) is 0 Å². The van der Waals surface area contributed by atoms with Gasteiger partial charge in [-0.2, -0.15) is 0 Å². The molecule has 5 aromatic rings. The van der Waals surface area contributed by atoms with Gasteiger partial charge in [-0.25, -0.2) is 13.8 Å². The van der Waals surface area contributed by atoms with Gasteiger partial charge in [0.1, 0.15) is 17.5 Å². The van der Waals surface area contributed by atoms with Crippen LogP contribution in [0, 0.1) is 11.6 Å². The summed E-state index contributed by atoms with van der Waals surface area (Å²) in [5, 5.41) is 2.86. The largest absolute Gasteiger partial charge is 0.311 e. The minimum atomic E-state index is -0.628. The van der Waals surface area contributed by atoms with Crippen molar-refractivity contribution in [2.45, 2.75) is 18.9 Å². The predicted molar refractivity (Wildman–Crippen MR) is 124 cm³/mol. The van der Waals surface area contributed by atoms with Crippen LogP contribution >= 0.6 is 0 Å². The van der Waals surface area contributed by atoms with Gasteiger partial charge < -0.3 is 5.32 Å². The first-order valence-corrected chi connectivity index (χ1v) is 10.8. The Morgan fingerprint density at radius 2 is 1.74 bits per heavy atom. The molecule has 1 atom stereocenters. The molecule has 168 valence electrons. The van der Waals surface area contributed by atoms with E-state index in [4.69, 9.17) is 0 Å². The first kappa shape index (κ1) is 20.3. The number of rotatable bonds is 3. The maximum atomic E-state index is 14.1. The standard InChI is InChI=1S/C26H18F2N4O2/c27-17-10-8-15(9-11-17)14-31-25(34)23-19(16-4-3-5-18(28)12-16)13-22(33)30-24(23)32-21-7-2-1-6-20(21)29-26(31)32/h1-12,19H,13-14H2,(H,30,33)/t19-/m1/s1. The summed E-state index contributed by atoms with van der Waals surface area (Å²) >= 11 is 0. The van der Waals surface area contributed by atoms with Crippen molar-refractivity contribution in [2.75, 3.05) is 5.32 Å². The number of aromatic nitrogens is 3. The Bertz CT molecular complexity index is 1650. The van der Waals surface area contributed by atoms with E-state index < -0.39 is 11.7 Å². The first-order chi connectivity index (χ1) is 16.5. The maximum absolute atomic E-state index is 14.1. The molecule has 1 N–H and O–H groups in total. The summed E-state index contributed by atoms with van der Waals surface area (Å²) in [6.07, 6.45) is 0.0143. The van der Waals surface area contributed by atoms with Gasteiger partial charge in [0, 0.05) is 12.3 Å². The third kappa shape index (κ3) is 3.18. The van der Waals surface area contributed by atoms with Crippen molar-refractivity contribution >= 4 is 28.5 Å². The Hall–Kier alpha value is -4.33. The molecule has 34 heavy (non-hydrogen) atoms. The number of para-hydroxylation sites is 2. The van der Waals surface area contributed by atoms with E-state index in [1.807, 2.05) is 24.3 Å². The van der Waals surface area contributed by atoms with E-state index in [1.54, 1.807) is 28.7 Å². The van der Waals surface area contributed by atoms with Gasteiger partial charge in [0.15, 0.2) is 0 Å². The molecule has 8 heteroatoms. The van der Waals surface area contributed by atoms with Crippen LogP contribution in [0.25, 0.3) is 16.8 Å². The van der Waals surface area contributed by atoms with Crippen molar-refractivity contribution in [3.05, 3.63) is 111 Å². The number of halogens is 2. The number of carbonyl (C=O) groups is 1. The van der Waals surface area contributed by atoms with Gasteiger partial charge in [-0.05, 0) is 47.5 Å². The molecule has 6 nitrogen and oxygen atoms in total. The number of nitrogens with one attached hydrogen (secondary N) is 1. The number of carbonyl (C=O) groups excluding carboxylic acids is 1. The molecule has 1 amide bonds. The van der Waals surface area contributed by atoms with Crippen LogP contribution in [0.3, 0.4) is 0 Å². The molecule has 0 radical (unpaired) electrons. The van der Waals surface area contributed by atoms with Gasteiger partial charge in [-0.1, -0.05) is 36.4 Å². The van der Waals surface area contributed by atoms with Crippen LogP contribution < -0.4 is 10.9 Å². The number of imidazole rings is 1. The summed E-state index contributed by atoms with van der Waals surface area (Å²) in [7, 11) is 0. The Morgan fingerprint density at radius 3 is 2.53 bits per heavy atom. The second-order valence-corrected chi connectivity index (χ2v) is 8.38. The van der Waals surface area contributed by atoms with E-state index in [9.17, 15) is 18.4 Å². The molecule has 0 aliphatic carbocycles. The molecule has 0 unspecified atom stereocenters. The fourth-order valence-corrected chi connectivity index (χ4v) is 4.70. The molecule has 6 rings (SSSR count). The van der Waals surface area contributed by atoms with Gasteiger partial charge in [0.2, 0.25) is 11.7 Å². The van der Waals surface area contributed by atoms with Gasteiger partial charge in [-0.3, -0.25) is 18.6 Å². The highest BCUT2D eigenvalue weighted by Gasteiger charge is 2.33. The fraction of sp³-hybridized carbons (Fsp3) is 0.115. The van der Waals surface area contributed by atoms with E-state index in [-0.39, 0.29) is 30.2 Å². The Morgan fingerprint density at radius 1 is 0.941 bits per heavy atom. The van der Waals surface area contributed by atoms with Crippen molar-refractivity contribution in [1.29, 1.82) is 0 Å². The molecule has 0 bridgehead atoms. The molecule has 3 heterocycles. The number of anilines is 1. The number of benzene rings is 3. The monoisotopic (exact) mass is 456 g/mol. The zero-order chi connectivity index (χ0) is 23.4. The summed E-state index contributed by atoms with van der Waals surface area (Å²) in [5.41, 5.74) is 2.68. The molecule has 1 aliphatic rings. The summed E-state index contributed by atoms with van der Waals surface area (Å²) < 4.78 is 30.8. The number of amides is 1. The van der Waals surface area contributed by atoms with Gasteiger partial charge in [-0.15, -0.1) is 0 Å². The fourth-order valence-electron chi connectivity index (χ4n) is 4.70. The molecular weight excluding hydrogens is 438 g/mol. The lowest BCUT2D eigenvalue weighted by Gasteiger charge is -2.27. The molecule has 0 saturated carbocycles. The zero-order valence-electron chi connectivity index (χ0n) is 17.8. The zero-order valence-corrected chi connectivity index (χ0v) is 17.8. The highest BCUT2D eigenvalue weighted by molar-refractivity contribution is 5.96. The lowest BCUT2D eigenvalue weighted by Crippen LogP contribution is -2.36. The van der Waals surface area contributed by atoms with Crippen LogP contribution in [0.4, 0.5) is 14.6 Å². The number of nitrogens with zero attached hydrogens (tertiary/aromatic N) is 3. The van der Waals surface area contributed by atoms with Crippen molar-refractivity contribution in [2.24, 2.45) is 0 Å². The topological polar surface area (TPSA) is 68.4 Å². The average molecular weight is 456 g/mol. The van der Waals surface area contributed by atoms with Crippen LogP contribution in [0.2, 0.25) is 0 Å². The molecule has 0 spiro atoms. The Kier molecular flexibility index (Phi) is 4.55. The summed E-state index contributed by atoms with van der Waals surface area (Å²) in [6, 6.07) is 19.3. The van der Waals surface area contributed by atoms with Crippen LogP contribution in [-0.2, 0) is 11.3 Å². The Labute approximate surface area is 192 Å². The number of hydrogen-bond donors (Lipinski definition) is 1. The van der Waals surface area contributed by atoms with Crippen molar-refractivity contribution in [3.8, 4) is 0 Å². The summed E-state index contributed by atoms with van der Waals surface area (Å²) in [4.78, 5) is 31.3. The highest BCUT2D eigenvalue weighted by atomic mass is 19.1. The number of fused-ring (bicyclic) bond motifs is 5. The molecule has 0 saturated heterocycles. The maximum Gasteiger partial charge on any atom is 0.261 e. The predicted octanol–water partition coefficient (Wildman–Crippen LogP) is 4.45. The van der Waals surface area contributed by atoms with E-state index in [0.717, 1.165) is 11.1 Å². The van der Waals surface area contributed by atoms with Crippen molar-refractivity contribution < 1.29 is 13.6 Å². The lowest BCUT2D eigenvalue weighted by molar-refractivity contribution is -0.116. The van der Waals surface area contributed by atoms with Crippen LogP contribution in [0.15, 0.2) is 77.6 Å².